The Morgan fingerprint density at radius 3 is 1.43 bits per heavy atom. The van der Waals surface area contributed by atoms with E-state index in [0.717, 1.165) is 0 Å². The van der Waals surface area contributed by atoms with E-state index < -0.39 is 10.9 Å². The quantitative estimate of drug-likeness (QED) is 0.404. The Kier molecular flexibility index (Phi) is 0.747. The predicted molar refractivity (Wildman–Crippen MR) is 18.8 cm³/mol. The summed E-state index contributed by atoms with van der Waals surface area (Å²) in [6.07, 6.45) is -3.60. The Bertz CT molecular complexity index is 89.1. The van der Waals surface area contributed by atoms with Gasteiger partial charge in [0, 0.05) is 0 Å². The van der Waals surface area contributed by atoms with Crippen LogP contribution in [0, 0.1) is 0 Å². The van der Waals surface area contributed by atoms with Crippen LogP contribution < -0.4 is 0 Å². The van der Waals surface area contributed by atoms with Crippen molar-refractivity contribution in [2.24, 2.45) is 0 Å². The number of ether oxygens (including phenoxy) is 1. The molecule has 1 nitrogen and oxygen atoms in total. The van der Waals surface area contributed by atoms with E-state index in [4.69, 9.17) is 0 Å². The van der Waals surface area contributed by atoms with Gasteiger partial charge in [-0.15, -0.1) is 0 Å². The molecule has 7 heavy (non-hydrogen) atoms. The fourth-order valence-electron chi connectivity index (χ4n) is 0.135. The molecule has 0 spiro atoms. The zero-order valence-electron chi connectivity index (χ0n) is 2.92. The van der Waals surface area contributed by atoms with E-state index in [2.05, 4.69) is 4.74 Å². The lowest BCUT2D eigenvalue weighted by Gasteiger charge is -1.80. The number of epoxide rings is 1. The second kappa shape index (κ2) is 0.974. The summed E-state index contributed by atoms with van der Waals surface area (Å²) in [6, 6.07) is 0. The fourth-order valence-corrected chi connectivity index (χ4v) is 0.339. The number of hydrogen-bond acceptors (Lipinski definition) is 1. The molecule has 1 aliphatic rings. The molecule has 1 heterocycles. The number of rotatable bonds is 0. The van der Waals surface area contributed by atoms with E-state index in [1.165, 1.54) is 0 Å². The van der Waals surface area contributed by atoms with Crippen LogP contribution in [0.5, 0.6) is 0 Å². The van der Waals surface area contributed by atoms with Gasteiger partial charge < -0.3 is 0 Å². The van der Waals surface area contributed by atoms with E-state index in [1.807, 2.05) is 15.9 Å². The van der Waals surface area contributed by atoms with Gasteiger partial charge in [0.15, 0.2) is 0 Å². The zero-order valence-corrected chi connectivity index (χ0v) is 4.51. The van der Waals surface area contributed by atoms with E-state index >= 15 is 0 Å². The Morgan fingerprint density at radius 1 is 1.29 bits per heavy atom. The highest BCUT2D eigenvalue weighted by molar-refractivity contribution is 9.10. The molecule has 1 aliphatic heterocycles. The second-order valence-corrected chi connectivity index (χ2v) is 2.16. The highest BCUT2D eigenvalue weighted by atomic mass is 79.9. The molecule has 0 aromatic heterocycles. The lowest BCUT2D eigenvalue weighted by molar-refractivity contribution is 0.000364. The molecule has 0 aliphatic carbocycles. The van der Waals surface area contributed by atoms with Crippen LogP contribution in [0.15, 0.2) is 0 Å². The monoisotopic (exact) mass is 176 g/mol. The lowest BCUT2D eigenvalue weighted by Crippen LogP contribution is -2.00. The molecule has 0 radical (unpaired) electrons. The Balaban J connectivity index is 2.59. The Hall–Kier alpha value is 0.230. The molecule has 0 saturated carbocycles. The first-order valence-corrected chi connectivity index (χ1v) is 2.21. The van der Waals surface area contributed by atoms with Crippen molar-refractivity contribution in [1.82, 2.24) is 0 Å². The summed E-state index contributed by atoms with van der Waals surface area (Å²) in [5.41, 5.74) is 0. The minimum atomic E-state index is -3.60. The minimum absolute atomic E-state index is 1.97. The van der Waals surface area contributed by atoms with Gasteiger partial charge in [-0.05, 0) is 15.9 Å². The van der Waals surface area contributed by atoms with Crippen molar-refractivity contribution in [3.63, 3.8) is 0 Å². The van der Waals surface area contributed by atoms with E-state index in [9.17, 15) is 13.2 Å². The van der Waals surface area contributed by atoms with Crippen LogP contribution in [0.1, 0.15) is 0 Å². The molecule has 1 rings (SSSR count). The molecule has 0 N–H and O–H groups in total. The van der Waals surface area contributed by atoms with Crippen LogP contribution in [-0.2, 0) is 4.74 Å². The average Bonchev–Trinajstić information content (AvgIpc) is 1.63. The van der Waals surface area contributed by atoms with Crippen molar-refractivity contribution in [2.75, 3.05) is 0 Å². The van der Waals surface area contributed by atoms with Crippen LogP contribution in [-0.4, -0.2) is 10.9 Å². The van der Waals surface area contributed by atoms with Gasteiger partial charge in [0.1, 0.15) is 0 Å². The number of halogens is 4. The van der Waals surface area contributed by atoms with Gasteiger partial charge in [0.25, 0.3) is 0 Å². The van der Waals surface area contributed by atoms with Crippen molar-refractivity contribution >= 4 is 15.9 Å². The highest BCUT2D eigenvalue weighted by Crippen LogP contribution is 2.56. The third-order valence-electron chi connectivity index (χ3n) is 0.554. The normalized spacial score (nSPS) is 46.3. The van der Waals surface area contributed by atoms with Crippen molar-refractivity contribution in [3.05, 3.63) is 0 Å². The molecule has 0 aromatic carbocycles. The third kappa shape index (κ3) is 0.637. The molecule has 1 atom stereocenters. The van der Waals surface area contributed by atoms with Crippen molar-refractivity contribution in [3.8, 4) is 0 Å². The molecule has 0 bridgehead atoms. The van der Waals surface area contributed by atoms with Crippen LogP contribution in [0.4, 0.5) is 13.2 Å². The minimum Gasteiger partial charge on any atom is -0.260 e. The summed E-state index contributed by atoms with van der Waals surface area (Å²) < 4.78 is 34.4. The third-order valence-corrected chi connectivity index (χ3v) is 1.18. The molecule has 5 heteroatoms. The highest BCUT2D eigenvalue weighted by Gasteiger charge is 2.75. The summed E-state index contributed by atoms with van der Waals surface area (Å²) in [5.74, 6) is 0. The molecule has 0 amide bonds. The maximum Gasteiger partial charge on any atom is 0.429 e. The van der Waals surface area contributed by atoms with Crippen LogP contribution >= 0.6 is 15.9 Å². The summed E-state index contributed by atoms with van der Waals surface area (Å²) in [4.78, 5) is 0. The second-order valence-electron chi connectivity index (χ2n) is 1.14. The topological polar surface area (TPSA) is 12.5 Å². The SMILES string of the molecule is FC1(F)OC1(F)Br. The molecule has 0 aromatic rings. The molecule has 1 saturated heterocycles. The summed E-state index contributed by atoms with van der Waals surface area (Å²) >= 11 is 1.97. The number of alkyl halides is 4. The lowest BCUT2D eigenvalue weighted by atomic mass is 10.8. The Labute approximate surface area is 45.6 Å². The predicted octanol–water partition coefficient (Wildman–Crippen LogP) is 1.63. The maximum atomic E-state index is 11.5. The average molecular weight is 177 g/mol. The largest absolute Gasteiger partial charge is 0.429 e. The van der Waals surface area contributed by atoms with Crippen LogP contribution in [0.25, 0.3) is 0 Å². The maximum absolute atomic E-state index is 11.5. The molecule has 42 valence electrons. The fraction of sp³-hybridized carbons (Fsp3) is 1.00. The first-order valence-electron chi connectivity index (χ1n) is 1.41. The molecule has 1 unspecified atom stereocenters. The van der Waals surface area contributed by atoms with Gasteiger partial charge in [0.2, 0.25) is 0 Å². The van der Waals surface area contributed by atoms with Gasteiger partial charge in [-0.1, -0.05) is 0 Å². The van der Waals surface area contributed by atoms with Gasteiger partial charge in [-0.3, -0.25) is 4.74 Å². The van der Waals surface area contributed by atoms with Gasteiger partial charge in [-0.25, -0.2) is 0 Å². The van der Waals surface area contributed by atoms with Gasteiger partial charge >= 0.3 is 10.9 Å². The summed E-state index contributed by atoms with van der Waals surface area (Å²) in [6.45, 7) is 0. The van der Waals surface area contributed by atoms with E-state index in [-0.39, 0.29) is 0 Å². The summed E-state index contributed by atoms with van der Waals surface area (Å²) in [7, 11) is 0. The van der Waals surface area contributed by atoms with Gasteiger partial charge in [-0.2, -0.15) is 13.2 Å². The molecular weight excluding hydrogens is 177 g/mol. The van der Waals surface area contributed by atoms with Crippen molar-refractivity contribution in [1.29, 1.82) is 0 Å². The number of hydrogen-bond donors (Lipinski definition) is 0. The smallest absolute Gasteiger partial charge is 0.260 e. The first-order chi connectivity index (χ1) is 2.96. The Morgan fingerprint density at radius 2 is 1.43 bits per heavy atom. The van der Waals surface area contributed by atoms with Crippen molar-refractivity contribution in [2.45, 2.75) is 10.9 Å². The van der Waals surface area contributed by atoms with E-state index in [0.29, 0.717) is 0 Å². The molecular formula is C2BrF3O. The van der Waals surface area contributed by atoms with Crippen LogP contribution in [0.2, 0.25) is 0 Å². The molecule has 1 fully saturated rings. The summed E-state index contributed by atoms with van der Waals surface area (Å²) in [5, 5.41) is 0. The van der Waals surface area contributed by atoms with E-state index in [1.54, 1.807) is 0 Å². The van der Waals surface area contributed by atoms with Crippen LogP contribution in [0.3, 0.4) is 0 Å². The van der Waals surface area contributed by atoms with Gasteiger partial charge in [0.05, 0.1) is 0 Å². The van der Waals surface area contributed by atoms with Crippen molar-refractivity contribution < 1.29 is 17.9 Å². The standard InChI is InChI=1S/C2BrF3O/c3-1(4)2(5,6)7-1. The first kappa shape index (κ1) is 5.37. The zero-order chi connectivity index (χ0) is 5.71.